The molecule has 3 N–H and O–H groups in total. The van der Waals surface area contributed by atoms with E-state index >= 15 is 0 Å². The third kappa shape index (κ3) is 6.16. The van der Waals surface area contributed by atoms with Crippen molar-refractivity contribution in [2.45, 2.75) is 20.4 Å². The molecule has 0 spiro atoms. The molecular formula is C11H19N3O4S. The highest BCUT2D eigenvalue weighted by atomic mass is 32.2. The van der Waals surface area contributed by atoms with E-state index in [0.29, 0.717) is 11.3 Å². The van der Waals surface area contributed by atoms with Gasteiger partial charge in [0, 0.05) is 38.0 Å². The van der Waals surface area contributed by atoms with E-state index in [-0.39, 0.29) is 6.54 Å². The van der Waals surface area contributed by atoms with Gasteiger partial charge in [-0.05, 0) is 13.0 Å². The Morgan fingerprint density at radius 1 is 1.53 bits per heavy atom. The van der Waals surface area contributed by atoms with Crippen LogP contribution in [0, 0.1) is 6.92 Å². The number of nitrogens with zero attached hydrogens (tertiary/aromatic N) is 2. The van der Waals surface area contributed by atoms with Gasteiger partial charge in [-0.25, -0.2) is 8.42 Å². The number of pyridine rings is 1. The molecule has 0 aliphatic heterocycles. The molecule has 0 radical (unpaired) electrons. The maximum atomic E-state index is 11.4. The highest BCUT2D eigenvalue weighted by Gasteiger charge is 2.15. The summed E-state index contributed by atoms with van der Waals surface area (Å²) in [6, 6.07) is 1.71. The zero-order valence-corrected chi connectivity index (χ0v) is 12.2. The first kappa shape index (κ1) is 17.3. The quantitative estimate of drug-likeness (QED) is 0.829. The van der Waals surface area contributed by atoms with Gasteiger partial charge in [0.1, 0.15) is 0 Å². The molecule has 0 aromatic carbocycles. The molecule has 0 unspecified atom stereocenters. The predicted molar refractivity (Wildman–Crippen MR) is 73.4 cm³/mol. The lowest BCUT2D eigenvalue weighted by Gasteiger charge is -2.19. The molecule has 0 aliphatic carbocycles. The number of aryl methyl sites for hydroxylation is 1. The zero-order valence-electron chi connectivity index (χ0n) is 11.4. The van der Waals surface area contributed by atoms with E-state index in [9.17, 15) is 8.42 Å². The molecule has 0 atom stereocenters. The molecule has 1 rings (SSSR count). The second-order valence-corrected chi connectivity index (χ2v) is 5.92. The van der Waals surface area contributed by atoms with Crippen LogP contribution in [-0.2, 0) is 21.4 Å². The monoisotopic (exact) mass is 289 g/mol. The van der Waals surface area contributed by atoms with Crippen molar-refractivity contribution in [2.75, 3.05) is 17.6 Å². The predicted octanol–water partition coefficient (Wildman–Crippen LogP) is 0.335. The summed E-state index contributed by atoms with van der Waals surface area (Å²) < 4.78 is 24.0. The summed E-state index contributed by atoms with van der Waals surface area (Å²) >= 11 is 0. The zero-order chi connectivity index (χ0) is 15.2. The number of carboxylic acid groups (broad SMARTS) is 1. The fourth-order valence-corrected chi connectivity index (χ4v) is 1.73. The molecule has 0 saturated carbocycles. The van der Waals surface area contributed by atoms with Crippen LogP contribution in [0.4, 0.5) is 5.69 Å². The number of sulfonamides is 1. The van der Waals surface area contributed by atoms with Crippen molar-refractivity contribution in [3.8, 4) is 0 Å². The first-order valence-corrected chi connectivity index (χ1v) is 7.23. The van der Waals surface area contributed by atoms with Gasteiger partial charge < -0.3 is 10.8 Å². The normalized spacial score (nSPS) is 10.4. The first-order valence-electron chi connectivity index (χ1n) is 5.38. The van der Waals surface area contributed by atoms with Gasteiger partial charge in [0.15, 0.2) is 0 Å². The van der Waals surface area contributed by atoms with Crippen LogP contribution in [-0.4, -0.2) is 37.8 Å². The molecule has 1 aromatic rings. The minimum Gasteiger partial charge on any atom is -0.481 e. The van der Waals surface area contributed by atoms with Crippen molar-refractivity contribution < 1.29 is 18.3 Å². The number of aromatic nitrogens is 1. The van der Waals surface area contributed by atoms with Gasteiger partial charge in [-0.15, -0.1) is 0 Å². The van der Waals surface area contributed by atoms with E-state index in [1.807, 2.05) is 0 Å². The van der Waals surface area contributed by atoms with Crippen molar-refractivity contribution in [3.63, 3.8) is 0 Å². The molecule has 0 fully saturated rings. The Kier molecular flexibility index (Phi) is 6.43. The fourth-order valence-electron chi connectivity index (χ4n) is 1.20. The standard InChI is InChI=1S/C9H15N3O2S.C2H4O2/c1-7-4-9(8(5-10)6-11-7)12(2)15(3,13)14;1-2(3)4/h4,6H,5,10H2,1-3H3;1H3,(H,3,4). The fraction of sp³-hybridized carbons (Fsp3) is 0.455. The van der Waals surface area contributed by atoms with Crippen LogP contribution >= 0.6 is 0 Å². The van der Waals surface area contributed by atoms with E-state index in [4.69, 9.17) is 15.6 Å². The van der Waals surface area contributed by atoms with Gasteiger partial charge in [-0.1, -0.05) is 0 Å². The minimum atomic E-state index is -3.26. The number of hydrogen-bond donors (Lipinski definition) is 2. The Morgan fingerprint density at radius 3 is 2.37 bits per heavy atom. The van der Waals surface area contributed by atoms with Crippen LogP contribution in [0.5, 0.6) is 0 Å². The van der Waals surface area contributed by atoms with E-state index < -0.39 is 16.0 Å². The van der Waals surface area contributed by atoms with Crippen LogP contribution in [0.1, 0.15) is 18.2 Å². The summed E-state index contributed by atoms with van der Waals surface area (Å²) in [7, 11) is -1.75. The van der Waals surface area contributed by atoms with Gasteiger partial charge in [0.25, 0.3) is 5.97 Å². The summed E-state index contributed by atoms with van der Waals surface area (Å²) in [6.07, 6.45) is 2.76. The molecule has 1 aromatic heterocycles. The third-order valence-corrected chi connectivity index (χ3v) is 3.35. The van der Waals surface area contributed by atoms with E-state index in [1.165, 1.54) is 11.4 Å². The van der Waals surface area contributed by atoms with E-state index in [0.717, 1.165) is 18.9 Å². The summed E-state index contributed by atoms with van der Waals surface area (Å²) in [5.41, 5.74) is 7.59. The van der Waals surface area contributed by atoms with Gasteiger partial charge in [-0.3, -0.25) is 14.1 Å². The van der Waals surface area contributed by atoms with Crippen LogP contribution in [0.2, 0.25) is 0 Å². The molecule has 8 heteroatoms. The van der Waals surface area contributed by atoms with Crippen LogP contribution in [0.25, 0.3) is 0 Å². The summed E-state index contributed by atoms with van der Waals surface area (Å²) in [4.78, 5) is 13.1. The molecule has 108 valence electrons. The number of anilines is 1. The van der Waals surface area contributed by atoms with Crippen LogP contribution in [0.15, 0.2) is 12.3 Å². The first-order chi connectivity index (χ1) is 8.59. The molecule has 0 bridgehead atoms. The van der Waals surface area contributed by atoms with Gasteiger partial charge >= 0.3 is 0 Å². The second kappa shape index (κ2) is 7.05. The molecule has 0 amide bonds. The summed E-state index contributed by atoms with van der Waals surface area (Å²) in [5, 5.41) is 7.42. The lowest BCUT2D eigenvalue weighted by molar-refractivity contribution is -0.134. The molecular weight excluding hydrogens is 270 g/mol. The van der Waals surface area contributed by atoms with Crippen molar-refractivity contribution in [2.24, 2.45) is 5.73 Å². The number of rotatable bonds is 3. The Hall–Kier alpha value is -1.67. The molecule has 1 heterocycles. The lowest BCUT2D eigenvalue weighted by Crippen LogP contribution is -2.26. The van der Waals surface area contributed by atoms with Crippen molar-refractivity contribution >= 4 is 21.7 Å². The summed E-state index contributed by atoms with van der Waals surface area (Å²) in [5.74, 6) is -0.833. The minimum absolute atomic E-state index is 0.266. The highest BCUT2D eigenvalue weighted by Crippen LogP contribution is 2.21. The van der Waals surface area contributed by atoms with E-state index in [2.05, 4.69) is 4.98 Å². The van der Waals surface area contributed by atoms with Gasteiger partial charge in [0.2, 0.25) is 10.0 Å². The smallest absolute Gasteiger partial charge is 0.300 e. The molecule has 19 heavy (non-hydrogen) atoms. The highest BCUT2D eigenvalue weighted by molar-refractivity contribution is 7.92. The number of carbonyl (C=O) groups is 1. The maximum Gasteiger partial charge on any atom is 0.300 e. The van der Waals surface area contributed by atoms with Crippen molar-refractivity contribution in [1.29, 1.82) is 0 Å². The Bertz CT molecular complexity index is 539. The number of hydrogen-bond acceptors (Lipinski definition) is 5. The largest absolute Gasteiger partial charge is 0.481 e. The second-order valence-electron chi connectivity index (χ2n) is 3.91. The molecule has 0 saturated heterocycles. The van der Waals surface area contributed by atoms with Crippen LogP contribution < -0.4 is 10.0 Å². The SMILES string of the molecule is CC(=O)O.Cc1cc(N(C)S(C)(=O)=O)c(CN)cn1. The van der Waals surface area contributed by atoms with E-state index in [1.54, 1.807) is 19.2 Å². The Labute approximate surface area is 113 Å². The maximum absolute atomic E-state index is 11.4. The molecule has 0 aliphatic rings. The van der Waals surface area contributed by atoms with Crippen molar-refractivity contribution in [1.82, 2.24) is 4.98 Å². The summed E-state index contributed by atoms with van der Waals surface area (Å²) in [6.45, 7) is 3.16. The lowest BCUT2D eigenvalue weighted by atomic mass is 10.2. The third-order valence-electron chi connectivity index (χ3n) is 2.16. The number of nitrogens with two attached hydrogens (primary N) is 1. The average molecular weight is 289 g/mol. The molecule has 7 nitrogen and oxygen atoms in total. The number of aliphatic carboxylic acids is 1. The van der Waals surface area contributed by atoms with Gasteiger partial charge in [-0.2, -0.15) is 0 Å². The van der Waals surface area contributed by atoms with Gasteiger partial charge in [0.05, 0.1) is 11.9 Å². The number of carboxylic acids is 1. The van der Waals surface area contributed by atoms with Crippen LogP contribution in [0.3, 0.4) is 0 Å². The Balaban J connectivity index is 0.000000711. The average Bonchev–Trinajstić information content (AvgIpc) is 2.26. The Morgan fingerprint density at radius 2 is 2.00 bits per heavy atom. The van der Waals surface area contributed by atoms with Crippen molar-refractivity contribution in [3.05, 3.63) is 23.5 Å². The topological polar surface area (TPSA) is 114 Å².